The smallest absolute Gasteiger partial charge is 0.436 e. The first-order valence-electron chi connectivity index (χ1n) is 8.47. The van der Waals surface area contributed by atoms with Gasteiger partial charge in [-0.3, -0.25) is 4.79 Å². The third-order valence-corrected chi connectivity index (χ3v) is 6.61. The van der Waals surface area contributed by atoms with Crippen molar-refractivity contribution in [2.24, 2.45) is 0 Å². The van der Waals surface area contributed by atoms with Crippen LogP contribution >= 0.6 is 45.8 Å². The normalized spacial score (nSPS) is 15.0. The fourth-order valence-electron chi connectivity index (χ4n) is 2.99. The molecule has 2 aromatic rings. The number of anilines is 1. The van der Waals surface area contributed by atoms with E-state index in [0.29, 0.717) is 37.0 Å². The van der Waals surface area contributed by atoms with Gasteiger partial charge in [-0.15, -0.1) is 0 Å². The van der Waals surface area contributed by atoms with Gasteiger partial charge in [0.25, 0.3) is 0 Å². The lowest BCUT2D eigenvalue weighted by molar-refractivity contribution is -0.142. The molecule has 0 atom stereocenters. The van der Waals surface area contributed by atoms with Gasteiger partial charge in [-0.1, -0.05) is 23.2 Å². The first-order valence-corrected chi connectivity index (χ1v) is 10.3. The van der Waals surface area contributed by atoms with Crippen molar-refractivity contribution >= 4 is 57.4 Å². The Labute approximate surface area is 188 Å². The minimum Gasteiger partial charge on any atom is -0.495 e. The molecule has 1 aliphatic heterocycles. The second kappa shape index (κ2) is 8.76. The fourth-order valence-corrected chi connectivity index (χ4v) is 3.96. The molecular formula is C17H16Cl2F3IN4O2. The number of hydrogen-bond acceptors (Lipinski definition) is 4. The molecular weight excluding hydrogens is 547 g/mol. The van der Waals surface area contributed by atoms with E-state index in [4.69, 9.17) is 27.9 Å². The minimum absolute atomic E-state index is 0.0804. The summed E-state index contributed by atoms with van der Waals surface area (Å²) in [6.07, 6.45) is -4.67. The van der Waals surface area contributed by atoms with Crippen molar-refractivity contribution in [2.75, 3.05) is 38.2 Å². The van der Waals surface area contributed by atoms with Crippen molar-refractivity contribution < 1.29 is 22.7 Å². The van der Waals surface area contributed by atoms with E-state index in [2.05, 4.69) is 10.00 Å². The van der Waals surface area contributed by atoms with Crippen molar-refractivity contribution in [1.82, 2.24) is 14.7 Å². The fraction of sp³-hybridized carbons (Fsp3) is 0.412. The standard InChI is InChI=1S/C17H16Cl2F3IN4O2/c1-29-12-8-10(2-3-11(12)18)25-4-6-26(7-5-25)13(28)9-27-16(23)14(19)15(24-27)17(20,21)22/h2-3,8H,4-7,9H2,1H3. The SMILES string of the molecule is COc1cc(N2CCN(C(=O)Cn3nc(C(F)(F)F)c(Cl)c3I)CC2)ccc1Cl. The zero-order valence-corrected chi connectivity index (χ0v) is 18.8. The van der Waals surface area contributed by atoms with E-state index in [0.717, 1.165) is 10.4 Å². The number of carbonyl (C=O) groups is 1. The van der Waals surface area contributed by atoms with Gasteiger partial charge in [-0.2, -0.15) is 18.3 Å². The highest BCUT2D eigenvalue weighted by atomic mass is 127. The van der Waals surface area contributed by atoms with Crippen LogP contribution in [-0.2, 0) is 17.5 Å². The van der Waals surface area contributed by atoms with Crippen LogP contribution < -0.4 is 9.64 Å². The zero-order chi connectivity index (χ0) is 21.3. The summed E-state index contributed by atoms with van der Waals surface area (Å²) >= 11 is 13.4. The van der Waals surface area contributed by atoms with Gasteiger partial charge < -0.3 is 14.5 Å². The van der Waals surface area contributed by atoms with Gasteiger partial charge in [-0.05, 0) is 34.7 Å². The molecule has 3 rings (SSSR count). The van der Waals surface area contributed by atoms with E-state index in [1.165, 1.54) is 7.11 Å². The average molecular weight is 563 g/mol. The van der Waals surface area contributed by atoms with Crippen LogP contribution in [-0.4, -0.2) is 53.9 Å². The average Bonchev–Trinajstić information content (AvgIpc) is 2.97. The van der Waals surface area contributed by atoms with Crippen LogP contribution in [0.15, 0.2) is 18.2 Å². The molecule has 1 aromatic heterocycles. The van der Waals surface area contributed by atoms with Gasteiger partial charge in [0.1, 0.15) is 21.0 Å². The lowest BCUT2D eigenvalue weighted by Crippen LogP contribution is -2.49. The maximum atomic E-state index is 12.9. The first kappa shape index (κ1) is 22.3. The number of methoxy groups -OCH3 is 1. The van der Waals surface area contributed by atoms with Crippen molar-refractivity contribution in [2.45, 2.75) is 12.7 Å². The van der Waals surface area contributed by atoms with Crippen LogP contribution in [0.2, 0.25) is 10.0 Å². The van der Waals surface area contributed by atoms with E-state index in [9.17, 15) is 18.0 Å². The molecule has 1 amide bonds. The highest BCUT2D eigenvalue weighted by molar-refractivity contribution is 14.1. The van der Waals surface area contributed by atoms with Gasteiger partial charge in [0, 0.05) is 37.9 Å². The van der Waals surface area contributed by atoms with Crippen molar-refractivity contribution in [3.05, 3.63) is 37.6 Å². The molecule has 0 radical (unpaired) electrons. The molecule has 6 nitrogen and oxygen atoms in total. The molecule has 1 aromatic carbocycles. The van der Waals surface area contributed by atoms with Crippen molar-refractivity contribution in [1.29, 1.82) is 0 Å². The number of ether oxygens (including phenoxy) is 1. The molecule has 0 aliphatic carbocycles. The molecule has 2 heterocycles. The van der Waals surface area contributed by atoms with E-state index >= 15 is 0 Å². The first-order chi connectivity index (χ1) is 13.6. The molecule has 0 spiro atoms. The molecule has 1 aliphatic rings. The largest absolute Gasteiger partial charge is 0.495 e. The molecule has 0 unspecified atom stereocenters. The van der Waals surface area contributed by atoms with Crippen LogP contribution in [0.4, 0.5) is 18.9 Å². The minimum atomic E-state index is -4.67. The third kappa shape index (κ3) is 4.85. The number of halogens is 6. The molecule has 0 bridgehead atoms. The Kier molecular flexibility index (Phi) is 6.74. The van der Waals surface area contributed by atoms with E-state index in [1.807, 2.05) is 12.1 Å². The van der Waals surface area contributed by atoms with E-state index in [-0.39, 0.29) is 16.2 Å². The molecule has 12 heteroatoms. The lowest BCUT2D eigenvalue weighted by Gasteiger charge is -2.36. The van der Waals surface area contributed by atoms with E-state index < -0.39 is 16.9 Å². The number of alkyl halides is 3. The summed E-state index contributed by atoms with van der Waals surface area (Å²) in [5.74, 6) is 0.248. The topological polar surface area (TPSA) is 50.6 Å². The number of aromatic nitrogens is 2. The van der Waals surface area contributed by atoms with Crippen LogP contribution in [0.25, 0.3) is 0 Å². The number of amides is 1. The Bertz CT molecular complexity index is 915. The summed E-state index contributed by atoms with van der Waals surface area (Å²) in [4.78, 5) is 16.2. The summed E-state index contributed by atoms with van der Waals surface area (Å²) in [7, 11) is 1.54. The molecule has 158 valence electrons. The summed E-state index contributed by atoms with van der Waals surface area (Å²) < 4.78 is 45.1. The second-order valence-corrected chi connectivity index (χ2v) is 8.10. The third-order valence-electron chi connectivity index (χ3n) is 4.52. The second-order valence-electron chi connectivity index (χ2n) is 6.30. The Morgan fingerprint density at radius 3 is 2.45 bits per heavy atom. The van der Waals surface area contributed by atoms with Crippen molar-refractivity contribution in [3.8, 4) is 5.75 Å². The molecule has 1 fully saturated rings. The van der Waals surface area contributed by atoms with Crippen LogP contribution in [0.5, 0.6) is 5.75 Å². The molecule has 0 saturated carbocycles. The predicted octanol–water partition coefficient (Wildman–Crippen LogP) is 4.17. The number of rotatable bonds is 4. The maximum Gasteiger partial charge on any atom is 0.436 e. The number of nitrogens with zero attached hydrogens (tertiary/aromatic N) is 4. The summed E-state index contributed by atoms with van der Waals surface area (Å²) in [6, 6.07) is 5.44. The number of piperazine rings is 1. The van der Waals surface area contributed by atoms with Crippen LogP contribution in [0, 0.1) is 3.70 Å². The number of benzene rings is 1. The number of hydrogen-bond donors (Lipinski definition) is 0. The highest BCUT2D eigenvalue weighted by Crippen LogP contribution is 2.36. The lowest BCUT2D eigenvalue weighted by atomic mass is 10.2. The maximum absolute atomic E-state index is 12.9. The molecule has 0 N–H and O–H groups in total. The molecule has 29 heavy (non-hydrogen) atoms. The van der Waals surface area contributed by atoms with E-state index in [1.54, 1.807) is 33.6 Å². The van der Waals surface area contributed by atoms with Gasteiger partial charge in [0.05, 0.1) is 12.1 Å². The van der Waals surface area contributed by atoms with Gasteiger partial charge >= 0.3 is 6.18 Å². The Morgan fingerprint density at radius 2 is 1.90 bits per heavy atom. The highest BCUT2D eigenvalue weighted by Gasteiger charge is 2.39. The zero-order valence-electron chi connectivity index (χ0n) is 15.1. The monoisotopic (exact) mass is 562 g/mol. The van der Waals surface area contributed by atoms with Gasteiger partial charge in [0.15, 0.2) is 5.69 Å². The summed E-state index contributed by atoms with van der Waals surface area (Å²) in [5.41, 5.74) is -0.264. The van der Waals surface area contributed by atoms with Crippen LogP contribution in [0.3, 0.4) is 0 Å². The Morgan fingerprint density at radius 1 is 1.24 bits per heavy atom. The van der Waals surface area contributed by atoms with Crippen molar-refractivity contribution in [3.63, 3.8) is 0 Å². The van der Waals surface area contributed by atoms with Gasteiger partial charge in [-0.25, -0.2) is 4.68 Å². The molecule has 1 saturated heterocycles. The summed E-state index contributed by atoms with van der Waals surface area (Å²) in [5, 5.41) is 3.49. The Hall–Kier alpha value is -1.40. The van der Waals surface area contributed by atoms with Crippen LogP contribution in [0.1, 0.15) is 5.69 Å². The Balaban J connectivity index is 1.64. The quantitative estimate of drug-likeness (QED) is 0.525. The van der Waals surface area contributed by atoms with Gasteiger partial charge in [0.2, 0.25) is 5.91 Å². The predicted molar refractivity (Wildman–Crippen MR) is 112 cm³/mol. The number of carbonyl (C=O) groups excluding carboxylic acids is 1. The summed E-state index contributed by atoms with van der Waals surface area (Å²) in [6.45, 7) is 1.70.